The summed E-state index contributed by atoms with van der Waals surface area (Å²) in [5, 5.41) is 13.5. The summed E-state index contributed by atoms with van der Waals surface area (Å²) in [6, 6.07) is 11.7. The van der Waals surface area contributed by atoms with Gasteiger partial charge in [0, 0.05) is 17.4 Å². The Kier molecular flexibility index (Phi) is 4.52. The predicted molar refractivity (Wildman–Crippen MR) is 113 cm³/mol. The fourth-order valence-electron chi connectivity index (χ4n) is 4.36. The number of anilines is 1. The minimum absolute atomic E-state index is 0.0972. The Hall–Kier alpha value is -2.11. The van der Waals surface area contributed by atoms with E-state index < -0.39 is 5.97 Å². The first-order valence-electron chi connectivity index (χ1n) is 9.44. The summed E-state index contributed by atoms with van der Waals surface area (Å²) >= 11 is 8.39. The molecule has 0 saturated carbocycles. The zero-order valence-corrected chi connectivity index (χ0v) is 16.7. The first kappa shape index (κ1) is 18.0. The SMILES string of the molecule is O=C(O)c1cc(Cl)c2c(c1)C1C=CCC1C(c1cccc(OC3CSC3)c1)N2. The molecule has 2 N–H and O–H groups in total. The molecule has 0 amide bonds. The second-order valence-electron chi connectivity index (χ2n) is 7.55. The molecule has 2 aromatic carbocycles. The van der Waals surface area contributed by atoms with Gasteiger partial charge >= 0.3 is 5.97 Å². The molecule has 1 saturated heterocycles. The normalized spacial score (nSPS) is 25.4. The highest BCUT2D eigenvalue weighted by Gasteiger charge is 2.39. The molecule has 4 nitrogen and oxygen atoms in total. The number of ether oxygens (including phenoxy) is 1. The molecular weight excluding hydrogens is 394 g/mol. The van der Waals surface area contributed by atoms with Crippen molar-refractivity contribution < 1.29 is 14.6 Å². The van der Waals surface area contributed by atoms with Gasteiger partial charge in [-0.05, 0) is 47.7 Å². The molecule has 1 aliphatic carbocycles. The van der Waals surface area contributed by atoms with E-state index in [0.717, 1.165) is 34.9 Å². The third-order valence-corrected chi connectivity index (χ3v) is 7.31. The lowest BCUT2D eigenvalue weighted by Gasteiger charge is -2.38. The van der Waals surface area contributed by atoms with Crippen molar-refractivity contribution in [2.45, 2.75) is 24.5 Å². The zero-order chi connectivity index (χ0) is 19.3. The van der Waals surface area contributed by atoms with Gasteiger partial charge in [-0.2, -0.15) is 11.8 Å². The molecule has 3 aliphatic rings. The van der Waals surface area contributed by atoms with E-state index in [1.807, 2.05) is 23.9 Å². The molecule has 0 radical (unpaired) electrons. The number of halogens is 1. The van der Waals surface area contributed by atoms with Crippen LogP contribution in [0.1, 0.15) is 39.9 Å². The minimum Gasteiger partial charge on any atom is -0.489 e. The summed E-state index contributed by atoms with van der Waals surface area (Å²) < 4.78 is 6.07. The minimum atomic E-state index is -0.954. The van der Waals surface area contributed by atoms with Crippen LogP contribution in [0.2, 0.25) is 5.02 Å². The summed E-state index contributed by atoms with van der Waals surface area (Å²) in [7, 11) is 0. The second kappa shape index (κ2) is 7.05. The van der Waals surface area contributed by atoms with Gasteiger partial charge in [-0.25, -0.2) is 4.79 Å². The lowest BCUT2D eigenvalue weighted by molar-refractivity contribution is 0.0696. The quantitative estimate of drug-likeness (QED) is 0.661. The number of hydrogen-bond acceptors (Lipinski definition) is 4. The number of hydrogen-bond donors (Lipinski definition) is 2. The van der Waals surface area contributed by atoms with Crippen LogP contribution in [0, 0.1) is 5.92 Å². The largest absolute Gasteiger partial charge is 0.489 e. The second-order valence-corrected chi connectivity index (χ2v) is 9.03. The van der Waals surface area contributed by atoms with E-state index in [1.54, 1.807) is 6.07 Å². The van der Waals surface area contributed by atoms with E-state index in [4.69, 9.17) is 16.3 Å². The number of thioether (sulfide) groups is 1. The number of carboxylic acids is 1. The maximum atomic E-state index is 11.5. The van der Waals surface area contributed by atoms with Gasteiger partial charge in [-0.1, -0.05) is 35.9 Å². The highest BCUT2D eigenvalue weighted by Crippen LogP contribution is 2.52. The summed E-state index contributed by atoms with van der Waals surface area (Å²) in [6.45, 7) is 0. The van der Waals surface area contributed by atoms with Crippen LogP contribution in [0.15, 0.2) is 48.6 Å². The average molecular weight is 414 g/mol. The van der Waals surface area contributed by atoms with Crippen LogP contribution >= 0.6 is 23.4 Å². The van der Waals surface area contributed by atoms with Crippen LogP contribution in [0.3, 0.4) is 0 Å². The summed E-state index contributed by atoms with van der Waals surface area (Å²) in [4.78, 5) is 11.5. The van der Waals surface area contributed by atoms with Crippen molar-refractivity contribution in [3.63, 3.8) is 0 Å². The van der Waals surface area contributed by atoms with Gasteiger partial charge < -0.3 is 15.2 Å². The van der Waals surface area contributed by atoms with Crippen molar-refractivity contribution in [1.82, 2.24) is 0 Å². The summed E-state index contributed by atoms with van der Waals surface area (Å²) in [5.41, 5.74) is 3.22. The Bertz CT molecular complexity index is 972. The number of carbonyl (C=O) groups is 1. The van der Waals surface area contributed by atoms with E-state index in [-0.39, 0.29) is 17.5 Å². The third-order valence-electron chi connectivity index (χ3n) is 5.80. The summed E-state index contributed by atoms with van der Waals surface area (Å²) in [6.07, 6.45) is 5.63. The summed E-state index contributed by atoms with van der Waals surface area (Å²) in [5.74, 6) is 2.53. The molecule has 6 heteroatoms. The Morgan fingerprint density at radius 3 is 2.86 bits per heavy atom. The Morgan fingerprint density at radius 1 is 1.25 bits per heavy atom. The van der Waals surface area contributed by atoms with Crippen molar-refractivity contribution in [3.05, 3.63) is 70.3 Å². The van der Waals surface area contributed by atoms with E-state index in [1.165, 1.54) is 11.6 Å². The molecule has 3 atom stereocenters. The van der Waals surface area contributed by atoms with Crippen molar-refractivity contribution in [2.24, 2.45) is 5.92 Å². The van der Waals surface area contributed by atoms with Gasteiger partial charge in [0.1, 0.15) is 11.9 Å². The third kappa shape index (κ3) is 3.07. The lowest BCUT2D eigenvalue weighted by atomic mass is 9.76. The van der Waals surface area contributed by atoms with Gasteiger partial charge in [0.15, 0.2) is 0 Å². The first-order chi connectivity index (χ1) is 13.6. The number of fused-ring (bicyclic) bond motifs is 3. The molecule has 1 fully saturated rings. The smallest absolute Gasteiger partial charge is 0.335 e. The lowest BCUT2D eigenvalue weighted by Crippen LogP contribution is -2.31. The molecule has 5 rings (SSSR count). The van der Waals surface area contributed by atoms with Crippen LogP contribution in [-0.2, 0) is 0 Å². The van der Waals surface area contributed by atoms with Crippen molar-refractivity contribution in [1.29, 1.82) is 0 Å². The maximum Gasteiger partial charge on any atom is 0.335 e. The Morgan fingerprint density at radius 2 is 2.11 bits per heavy atom. The fourth-order valence-corrected chi connectivity index (χ4v) is 5.21. The van der Waals surface area contributed by atoms with Gasteiger partial charge in [-0.3, -0.25) is 0 Å². The molecule has 3 unspecified atom stereocenters. The van der Waals surface area contributed by atoms with Crippen LogP contribution in [0.5, 0.6) is 5.75 Å². The number of nitrogens with one attached hydrogen (secondary N) is 1. The predicted octanol–water partition coefficient (Wildman–Crippen LogP) is 5.36. The topological polar surface area (TPSA) is 58.6 Å². The van der Waals surface area contributed by atoms with Crippen LogP contribution in [0.25, 0.3) is 0 Å². The number of allylic oxidation sites excluding steroid dienone is 2. The van der Waals surface area contributed by atoms with E-state index in [0.29, 0.717) is 17.0 Å². The number of carboxylic acid groups (broad SMARTS) is 1. The maximum absolute atomic E-state index is 11.5. The average Bonchev–Trinajstić information content (AvgIpc) is 3.14. The number of rotatable bonds is 4. The molecule has 0 bridgehead atoms. The molecule has 2 heterocycles. The van der Waals surface area contributed by atoms with Gasteiger partial charge in [0.05, 0.1) is 22.3 Å². The number of benzene rings is 2. The monoisotopic (exact) mass is 413 g/mol. The van der Waals surface area contributed by atoms with Crippen molar-refractivity contribution in [3.8, 4) is 5.75 Å². The number of aromatic carboxylic acids is 1. The van der Waals surface area contributed by atoms with Gasteiger partial charge in [-0.15, -0.1) is 0 Å². The van der Waals surface area contributed by atoms with E-state index in [9.17, 15) is 9.90 Å². The van der Waals surface area contributed by atoms with E-state index in [2.05, 4.69) is 29.6 Å². The van der Waals surface area contributed by atoms with Crippen LogP contribution < -0.4 is 10.1 Å². The zero-order valence-electron chi connectivity index (χ0n) is 15.1. The Labute approximate surface area is 172 Å². The fraction of sp³-hybridized carbons (Fsp3) is 0.318. The molecule has 2 aliphatic heterocycles. The molecule has 0 spiro atoms. The van der Waals surface area contributed by atoms with Crippen molar-refractivity contribution in [2.75, 3.05) is 16.8 Å². The molecular formula is C22H20ClNO3S. The molecule has 28 heavy (non-hydrogen) atoms. The van der Waals surface area contributed by atoms with Gasteiger partial charge in [0.25, 0.3) is 0 Å². The highest BCUT2D eigenvalue weighted by molar-refractivity contribution is 8.00. The van der Waals surface area contributed by atoms with Crippen LogP contribution in [-0.4, -0.2) is 28.7 Å². The molecule has 144 valence electrons. The first-order valence-corrected chi connectivity index (χ1v) is 11.0. The molecule has 2 aromatic rings. The standard InChI is InChI=1S/C22H20ClNO3S/c23-19-9-13(22(25)26)8-18-16-5-2-6-17(16)20(24-21(18)19)12-3-1-4-14(7-12)27-15-10-28-11-15/h1-5,7-9,15-17,20,24H,6,10-11H2,(H,25,26). The molecule has 0 aromatic heterocycles. The highest BCUT2D eigenvalue weighted by atomic mass is 35.5. The van der Waals surface area contributed by atoms with Gasteiger partial charge in [0.2, 0.25) is 0 Å². The van der Waals surface area contributed by atoms with Crippen molar-refractivity contribution >= 4 is 35.0 Å². The van der Waals surface area contributed by atoms with E-state index >= 15 is 0 Å². The van der Waals surface area contributed by atoms with Crippen LogP contribution in [0.4, 0.5) is 5.69 Å². The Balaban J connectivity index is 1.51.